The van der Waals surface area contributed by atoms with E-state index in [0.717, 1.165) is 5.56 Å². The zero-order chi connectivity index (χ0) is 14.3. The summed E-state index contributed by atoms with van der Waals surface area (Å²) in [4.78, 5) is 22.7. The number of nitrogens with one attached hydrogen (secondary N) is 3. The largest absolute Gasteiger partial charge is 0.326 e. The van der Waals surface area contributed by atoms with Crippen LogP contribution in [0.4, 0.5) is 11.4 Å². The Balaban J connectivity index is 2.68. The fraction of sp³-hybridized carbons (Fsp3) is 0.286. The van der Waals surface area contributed by atoms with Crippen molar-refractivity contribution in [2.24, 2.45) is 0 Å². The molecule has 0 heterocycles. The Hall–Kier alpha value is -2.14. The number of aryl methyl sites for hydroxylation is 1. The van der Waals surface area contributed by atoms with Crippen LogP contribution in [0, 0.1) is 6.92 Å². The number of hydrogen-bond acceptors (Lipinski definition) is 3. The molecule has 0 aliphatic carbocycles. The number of benzene rings is 1. The Kier molecular flexibility index (Phi) is 5.75. The number of amides is 2. The van der Waals surface area contributed by atoms with E-state index in [2.05, 4.69) is 22.5 Å². The lowest BCUT2D eigenvalue weighted by Gasteiger charge is -2.11. The molecule has 0 saturated heterocycles. The average molecular weight is 261 g/mol. The summed E-state index contributed by atoms with van der Waals surface area (Å²) >= 11 is 0. The van der Waals surface area contributed by atoms with Crippen LogP contribution in [0.1, 0.15) is 12.5 Å². The van der Waals surface area contributed by atoms with E-state index in [-0.39, 0.29) is 18.4 Å². The number of carbonyl (C=O) groups is 2. The molecule has 0 fully saturated rings. The third-order valence-electron chi connectivity index (χ3n) is 2.41. The quantitative estimate of drug-likeness (QED) is 0.539. The van der Waals surface area contributed by atoms with Crippen LogP contribution in [-0.2, 0) is 9.59 Å². The summed E-state index contributed by atoms with van der Waals surface area (Å²) in [6.07, 6.45) is 1.69. The van der Waals surface area contributed by atoms with Crippen LogP contribution in [0.25, 0.3) is 0 Å². The molecule has 0 aliphatic heterocycles. The predicted molar refractivity (Wildman–Crippen MR) is 77.2 cm³/mol. The zero-order valence-corrected chi connectivity index (χ0v) is 11.2. The molecule has 0 saturated carbocycles. The van der Waals surface area contributed by atoms with E-state index in [1.165, 1.54) is 6.92 Å². The SMILES string of the molecule is C=CCNCC(=O)Nc1cc(NC(C)=O)ccc1C. The number of carbonyl (C=O) groups excluding carboxylic acids is 2. The average Bonchev–Trinajstić information content (AvgIpc) is 2.33. The molecule has 3 N–H and O–H groups in total. The minimum atomic E-state index is -0.145. The van der Waals surface area contributed by atoms with Gasteiger partial charge in [-0.05, 0) is 24.6 Å². The van der Waals surface area contributed by atoms with Crippen LogP contribution in [0.5, 0.6) is 0 Å². The van der Waals surface area contributed by atoms with Gasteiger partial charge in [-0.25, -0.2) is 0 Å². The molecule has 19 heavy (non-hydrogen) atoms. The first kappa shape index (κ1) is 14.9. The third-order valence-corrected chi connectivity index (χ3v) is 2.41. The van der Waals surface area contributed by atoms with Crippen molar-refractivity contribution in [3.05, 3.63) is 36.4 Å². The van der Waals surface area contributed by atoms with E-state index in [4.69, 9.17) is 0 Å². The summed E-state index contributed by atoms with van der Waals surface area (Å²) in [5, 5.41) is 8.40. The molecule has 0 spiro atoms. The Morgan fingerprint density at radius 1 is 1.32 bits per heavy atom. The number of hydrogen-bond donors (Lipinski definition) is 3. The van der Waals surface area contributed by atoms with Crippen LogP contribution in [0.2, 0.25) is 0 Å². The van der Waals surface area contributed by atoms with E-state index >= 15 is 0 Å². The van der Waals surface area contributed by atoms with Crippen molar-refractivity contribution in [1.82, 2.24) is 5.32 Å². The van der Waals surface area contributed by atoms with Gasteiger partial charge in [0.05, 0.1) is 6.54 Å². The molecule has 0 atom stereocenters. The minimum absolute atomic E-state index is 0.134. The van der Waals surface area contributed by atoms with Gasteiger partial charge < -0.3 is 16.0 Å². The fourth-order valence-electron chi connectivity index (χ4n) is 1.52. The molecule has 2 amide bonds. The monoisotopic (exact) mass is 261 g/mol. The van der Waals surface area contributed by atoms with Crippen LogP contribution in [0.15, 0.2) is 30.9 Å². The highest BCUT2D eigenvalue weighted by Gasteiger charge is 2.05. The highest BCUT2D eigenvalue weighted by molar-refractivity contribution is 5.95. The van der Waals surface area contributed by atoms with Crippen molar-refractivity contribution in [3.63, 3.8) is 0 Å². The molecule has 0 aromatic heterocycles. The first-order valence-corrected chi connectivity index (χ1v) is 6.02. The number of anilines is 2. The molecule has 0 bridgehead atoms. The molecule has 0 radical (unpaired) electrons. The van der Waals surface area contributed by atoms with E-state index in [1.54, 1.807) is 18.2 Å². The lowest BCUT2D eigenvalue weighted by atomic mass is 10.1. The Morgan fingerprint density at radius 3 is 2.68 bits per heavy atom. The fourth-order valence-corrected chi connectivity index (χ4v) is 1.52. The van der Waals surface area contributed by atoms with Gasteiger partial charge in [-0.3, -0.25) is 9.59 Å². The molecule has 5 heteroatoms. The lowest BCUT2D eigenvalue weighted by Crippen LogP contribution is -2.28. The van der Waals surface area contributed by atoms with Gasteiger partial charge in [0.1, 0.15) is 0 Å². The summed E-state index contributed by atoms with van der Waals surface area (Å²) < 4.78 is 0. The van der Waals surface area contributed by atoms with E-state index in [9.17, 15) is 9.59 Å². The molecular weight excluding hydrogens is 242 g/mol. The van der Waals surface area contributed by atoms with Gasteiger partial charge in [-0.2, -0.15) is 0 Å². The molecule has 1 rings (SSSR count). The van der Waals surface area contributed by atoms with Crippen molar-refractivity contribution >= 4 is 23.2 Å². The second kappa shape index (κ2) is 7.33. The number of rotatable bonds is 6. The van der Waals surface area contributed by atoms with Gasteiger partial charge in [-0.15, -0.1) is 6.58 Å². The molecule has 1 aromatic carbocycles. The van der Waals surface area contributed by atoms with Crippen molar-refractivity contribution in [3.8, 4) is 0 Å². The Labute approximate surface area is 113 Å². The maximum Gasteiger partial charge on any atom is 0.238 e. The summed E-state index contributed by atoms with van der Waals surface area (Å²) in [6, 6.07) is 5.38. The first-order valence-electron chi connectivity index (χ1n) is 6.02. The normalized spacial score (nSPS) is 9.79. The maximum absolute atomic E-state index is 11.7. The molecule has 0 unspecified atom stereocenters. The van der Waals surface area contributed by atoms with Gasteiger partial charge in [0.25, 0.3) is 0 Å². The second-order valence-corrected chi connectivity index (χ2v) is 4.18. The van der Waals surface area contributed by atoms with Crippen LogP contribution >= 0.6 is 0 Å². The van der Waals surface area contributed by atoms with Crippen LogP contribution in [-0.4, -0.2) is 24.9 Å². The highest BCUT2D eigenvalue weighted by atomic mass is 16.2. The van der Waals surface area contributed by atoms with Crippen molar-refractivity contribution in [1.29, 1.82) is 0 Å². The standard InChI is InChI=1S/C14H19N3O2/c1-4-7-15-9-14(19)17-13-8-12(16-11(3)18)6-5-10(13)2/h4-6,8,15H,1,7,9H2,2-3H3,(H,16,18)(H,17,19). The summed E-state index contributed by atoms with van der Waals surface area (Å²) in [5.41, 5.74) is 2.29. The van der Waals surface area contributed by atoms with Gasteiger partial charge >= 0.3 is 0 Å². The summed E-state index contributed by atoms with van der Waals surface area (Å²) in [7, 11) is 0. The summed E-state index contributed by atoms with van der Waals surface area (Å²) in [5.74, 6) is -0.279. The van der Waals surface area contributed by atoms with Gasteiger partial charge in [-0.1, -0.05) is 12.1 Å². The van der Waals surface area contributed by atoms with Gasteiger partial charge in [0.15, 0.2) is 0 Å². The highest BCUT2D eigenvalue weighted by Crippen LogP contribution is 2.20. The van der Waals surface area contributed by atoms with Crippen LogP contribution < -0.4 is 16.0 Å². The van der Waals surface area contributed by atoms with Crippen LogP contribution in [0.3, 0.4) is 0 Å². The van der Waals surface area contributed by atoms with E-state index < -0.39 is 0 Å². The third kappa shape index (κ3) is 5.35. The Bertz CT molecular complexity index is 484. The van der Waals surface area contributed by atoms with E-state index in [0.29, 0.717) is 17.9 Å². The van der Waals surface area contributed by atoms with Crippen molar-refractivity contribution < 1.29 is 9.59 Å². The topological polar surface area (TPSA) is 70.2 Å². The Morgan fingerprint density at radius 2 is 2.05 bits per heavy atom. The zero-order valence-electron chi connectivity index (χ0n) is 11.2. The van der Waals surface area contributed by atoms with Gasteiger partial charge in [0, 0.05) is 24.8 Å². The smallest absolute Gasteiger partial charge is 0.238 e. The predicted octanol–water partition coefficient (Wildman–Crippen LogP) is 1.67. The molecule has 0 aliphatic rings. The van der Waals surface area contributed by atoms with E-state index in [1.807, 2.05) is 13.0 Å². The molecule has 1 aromatic rings. The first-order chi connectivity index (χ1) is 9.02. The van der Waals surface area contributed by atoms with Crippen molar-refractivity contribution in [2.75, 3.05) is 23.7 Å². The molecular formula is C14H19N3O2. The molecule has 5 nitrogen and oxygen atoms in total. The van der Waals surface area contributed by atoms with Gasteiger partial charge in [0.2, 0.25) is 11.8 Å². The second-order valence-electron chi connectivity index (χ2n) is 4.18. The van der Waals surface area contributed by atoms with Crippen molar-refractivity contribution in [2.45, 2.75) is 13.8 Å². The maximum atomic E-state index is 11.7. The summed E-state index contributed by atoms with van der Waals surface area (Å²) in [6.45, 7) is 7.70. The molecule has 102 valence electrons. The lowest BCUT2D eigenvalue weighted by molar-refractivity contribution is -0.115. The minimum Gasteiger partial charge on any atom is -0.326 e.